The van der Waals surface area contributed by atoms with Gasteiger partial charge in [-0.3, -0.25) is 9.78 Å². The van der Waals surface area contributed by atoms with E-state index in [2.05, 4.69) is 20.4 Å². The minimum Gasteiger partial charge on any atom is -0.390 e. The van der Waals surface area contributed by atoms with Crippen molar-refractivity contribution in [3.05, 3.63) is 90.1 Å². The Hall–Kier alpha value is -4.37. The van der Waals surface area contributed by atoms with E-state index in [1.807, 2.05) is 37.3 Å². The summed E-state index contributed by atoms with van der Waals surface area (Å²) in [5.74, 6) is 0.155. The van der Waals surface area contributed by atoms with Crippen LogP contribution in [0.5, 0.6) is 0 Å². The number of aliphatic hydroxyl groups excluding tert-OH is 1. The predicted octanol–water partition coefficient (Wildman–Crippen LogP) is 3.03. The highest BCUT2D eigenvalue weighted by atomic mass is 16.3. The van der Waals surface area contributed by atoms with E-state index in [1.165, 1.54) is 6.20 Å². The second-order valence-electron chi connectivity index (χ2n) is 7.26. The number of rotatable bonds is 5. The van der Waals surface area contributed by atoms with Crippen molar-refractivity contribution in [2.75, 3.05) is 5.32 Å². The third-order valence-corrected chi connectivity index (χ3v) is 5.04. The first kappa shape index (κ1) is 19.6. The standard InChI is InChI=1S/C23H19N7O2/c1-15-3-7-18(8-4-15)30-21(11-20(28-30)16-5-6-17(14-31)25-12-16)27-23(32)19-13-26-29-10-2-9-24-22(19)29/h2-13,31H,14H2,1H3,(H,27,32). The molecule has 0 atom stereocenters. The maximum Gasteiger partial charge on any atom is 0.262 e. The van der Waals surface area contributed by atoms with Crippen LogP contribution in [0.25, 0.3) is 22.6 Å². The van der Waals surface area contributed by atoms with E-state index >= 15 is 0 Å². The van der Waals surface area contributed by atoms with Crippen LogP contribution >= 0.6 is 0 Å². The molecule has 9 nitrogen and oxygen atoms in total. The van der Waals surface area contributed by atoms with Gasteiger partial charge in [-0.25, -0.2) is 14.2 Å². The Labute approximate surface area is 183 Å². The molecule has 5 aromatic rings. The van der Waals surface area contributed by atoms with E-state index in [0.717, 1.165) is 16.8 Å². The quantitative estimate of drug-likeness (QED) is 0.448. The molecule has 0 saturated heterocycles. The number of aromatic nitrogens is 6. The van der Waals surface area contributed by atoms with Crippen LogP contribution in [0.15, 0.2) is 73.3 Å². The summed E-state index contributed by atoms with van der Waals surface area (Å²) in [5.41, 5.74) is 4.72. The fourth-order valence-electron chi connectivity index (χ4n) is 3.33. The number of benzene rings is 1. The molecular weight excluding hydrogens is 406 g/mol. The van der Waals surface area contributed by atoms with Crippen LogP contribution in [-0.4, -0.2) is 40.4 Å². The van der Waals surface area contributed by atoms with Crippen molar-refractivity contribution in [3.8, 4) is 16.9 Å². The van der Waals surface area contributed by atoms with Gasteiger partial charge in [0.2, 0.25) is 0 Å². The first-order valence-electron chi connectivity index (χ1n) is 9.95. The van der Waals surface area contributed by atoms with Gasteiger partial charge in [0.15, 0.2) is 5.65 Å². The van der Waals surface area contributed by atoms with Crippen molar-refractivity contribution in [1.82, 2.24) is 29.4 Å². The van der Waals surface area contributed by atoms with E-state index in [4.69, 9.17) is 5.10 Å². The van der Waals surface area contributed by atoms with Crippen molar-refractivity contribution in [1.29, 1.82) is 0 Å². The number of carbonyl (C=O) groups excluding carboxylic acids is 1. The number of carbonyl (C=O) groups is 1. The van der Waals surface area contributed by atoms with E-state index in [9.17, 15) is 9.90 Å². The molecule has 9 heteroatoms. The third kappa shape index (κ3) is 3.61. The summed E-state index contributed by atoms with van der Waals surface area (Å²) in [5, 5.41) is 21.1. The normalized spacial score (nSPS) is 11.1. The van der Waals surface area contributed by atoms with Crippen LogP contribution in [-0.2, 0) is 6.61 Å². The molecule has 0 spiro atoms. The average Bonchev–Trinajstić information content (AvgIpc) is 3.44. The molecule has 4 heterocycles. The largest absolute Gasteiger partial charge is 0.390 e. The predicted molar refractivity (Wildman–Crippen MR) is 118 cm³/mol. The molecule has 0 bridgehead atoms. The summed E-state index contributed by atoms with van der Waals surface area (Å²) in [6, 6.07) is 14.9. The van der Waals surface area contributed by atoms with Gasteiger partial charge in [-0.2, -0.15) is 10.2 Å². The highest BCUT2D eigenvalue weighted by molar-refractivity contribution is 6.08. The third-order valence-electron chi connectivity index (χ3n) is 5.04. The second kappa shape index (κ2) is 8.05. The van der Waals surface area contributed by atoms with Gasteiger partial charge < -0.3 is 10.4 Å². The Morgan fingerprint density at radius 2 is 1.94 bits per heavy atom. The second-order valence-corrected chi connectivity index (χ2v) is 7.26. The molecule has 32 heavy (non-hydrogen) atoms. The fraction of sp³-hybridized carbons (Fsp3) is 0.0870. The highest BCUT2D eigenvalue weighted by Crippen LogP contribution is 2.25. The molecule has 0 saturated carbocycles. The van der Waals surface area contributed by atoms with Gasteiger partial charge in [0, 0.05) is 30.2 Å². The first-order chi connectivity index (χ1) is 15.6. The van der Waals surface area contributed by atoms with Crippen LogP contribution < -0.4 is 5.32 Å². The van der Waals surface area contributed by atoms with Crippen LogP contribution in [0, 0.1) is 6.92 Å². The SMILES string of the molecule is Cc1ccc(-n2nc(-c3ccc(CO)nc3)cc2NC(=O)c2cnn3cccnc23)cc1. The Morgan fingerprint density at radius 1 is 1.09 bits per heavy atom. The summed E-state index contributed by atoms with van der Waals surface area (Å²) in [6.45, 7) is 1.88. The molecule has 0 aliphatic carbocycles. The van der Waals surface area contributed by atoms with Gasteiger partial charge >= 0.3 is 0 Å². The molecule has 0 fully saturated rings. The van der Waals surface area contributed by atoms with Crippen molar-refractivity contribution < 1.29 is 9.90 Å². The fourth-order valence-corrected chi connectivity index (χ4v) is 3.33. The Kier molecular flexibility index (Phi) is 4.92. The first-order valence-corrected chi connectivity index (χ1v) is 9.95. The summed E-state index contributed by atoms with van der Waals surface area (Å²) in [7, 11) is 0. The molecule has 4 aromatic heterocycles. The van der Waals surface area contributed by atoms with Gasteiger partial charge in [0.25, 0.3) is 5.91 Å². The van der Waals surface area contributed by atoms with E-state index in [1.54, 1.807) is 46.0 Å². The molecule has 0 unspecified atom stereocenters. The lowest BCUT2D eigenvalue weighted by Gasteiger charge is -2.08. The van der Waals surface area contributed by atoms with Crippen molar-refractivity contribution >= 4 is 17.4 Å². The number of hydrogen-bond acceptors (Lipinski definition) is 6. The van der Waals surface area contributed by atoms with Crippen molar-refractivity contribution in [2.45, 2.75) is 13.5 Å². The molecule has 1 aromatic carbocycles. The summed E-state index contributed by atoms with van der Waals surface area (Å²) < 4.78 is 3.22. The highest BCUT2D eigenvalue weighted by Gasteiger charge is 2.18. The molecule has 0 aliphatic rings. The number of nitrogens with zero attached hydrogens (tertiary/aromatic N) is 6. The summed E-state index contributed by atoms with van der Waals surface area (Å²) in [4.78, 5) is 21.5. The zero-order valence-electron chi connectivity index (χ0n) is 17.2. The van der Waals surface area contributed by atoms with E-state index in [-0.39, 0.29) is 12.5 Å². The lowest BCUT2D eigenvalue weighted by molar-refractivity contribution is 0.102. The molecule has 2 N–H and O–H groups in total. The monoisotopic (exact) mass is 425 g/mol. The molecular formula is C23H19N7O2. The topological polar surface area (TPSA) is 110 Å². The number of aliphatic hydroxyl groups is 1. The maximum absolute atomic E-state index is 13.1. The Bertz CT molecular complexity index is 1400. The van der Waals surface area contributed by atoms with Crippen molar-refractivity contribution in [2.24, 2.45) is 0 Å². The number of pyridine rings is 1. The minimum absolute atomic E-state index is 0.132. The number of amides is 1. The number of fused-ring (bicyclic) bond motifs is 1. The van der Waals surface area contributed by atoms with Crippen LogP contribution in [0.2, 0.25) is 0 Å². The molecule has 0 radical (unpaired) electrons. The Balaban J connectivity index is 1.55. The zero-order valence-corrected chi connectivity index (χ0v) is 17.2. The van der Waals surface area contributed by atoms with Gasteiger partial charge in [-0.05, 0) is 37.3 Å². The Morgan fingerprint density at radius 3 is 2.69 bits per heavy atom. The number of hydrogen-bond donors (Lipinski definition) is 2. The smallest absolute Gasteiger partial charge is 0.262 e. The molecule has 0 aliphatic heterocycles. The van der Waals surface area contributed by atoms with Gasteiger partial charge in [0.1, 0.15) is 11.4 Å². The summed E-state index contributed by atoms with van der Waals surface area (Å²) >= 11 is 0. The van der Waals surface area contributed by atoms with Gasteiger partial charge in [-0.1, -0.05) is 17.7 Å². The van der Waals surface area contributed by atoms with Crippen molar-refractivity contribution in [3.63, 3.8) is 0 Å². The lowest BCUT2D eigenvalue weighted by atomic mass is 10.2. The van der Waals surface area contributed by atoms with Gasteiger partial charge in [0.05, 0.1) is 29.9 Å². The van der Waals surface area contributed by atoms with Gasteiger partial charge in [-0.15, -0.1) is 0 Å². The van der Waals surface area contributed by atoms with Crippen LogP contribution in [0.1, 0.15) is 21.6 Å². The van der Waals surface area contributed by atoms with E-state index in [0.29, 0.717) is 28.4 Å². The van der Waals surface area contributed by atoms with Crippen LogP contribution in [0.3, 0.4) is 0 Å². The number of nitrogens with one attached hydrogen (secondary N) is 1. The molecule has 5 rings (SSSR count). The lowest BCUT2D eigenvalue weighted by Crippen LogP contribution is -2.15. The molecule has 1 amide bonds. The minimum atomic E-state index is -0.340. The van der Waals surface area contributed by atoms with Crippen LogP contribution in [0.4, 0.5) is 5.82 Å². The number of aryl methyl sites for hydroxylation is 1. The van der Waals surface area contributed by atoms with E-state index < -0.39 is 0 Å². The maximum atomic E-state index is 13.1. The molecule has 158 valence electrons. The zero-order chi connectivity index (χ0) is 22.1. The average molecular weight is 425 g/mol. The number of anilines is 1. The summed E-state index contributed by atoms with van der Waals surface area (Å²) in [6.07, 6.45) is 6.49.